The summed E-state index contributed by atoms with van der Waals surface area (Å²) in [4.78, 5) is 0. The van der Waals surface area contributed by atoms with E-state index in [4.69, 9.17) is 12.6 Å². The van der Waals surface area contributed by atoms with Gasteiger partial charge in [0.1, 0.15) is 0 Å². The summed E-state index contributed by atoms with van der Waals surface area (Å²) in [7, 11) is 0. The minimum atomic E-state index is 0.705. The predicted molar refractivity (Wildman–Crippen MR) is 91.2 cm³/mol. The van der Waals surface area contributed by atoms with Crippen LogP contribution in [0.4, 0.5) is 0 Å². The lowest BCUT2D eigenvalue weighted by molar-refractivity contribution is 0.475. The van der Waals surface area contributed by atoms with Crippen molar-refractivity contribution in [2.24, 2.45) is 5.92 Å². The Kier molecular flexibility index (Phi) is 11.1. The molecule has 0 saturated heterocycles. The normalized spacial score (nSPS) is 18.0. The molecule has 0 spiro atoms. The lowest BCUT2D eigenvalue weighted by Crippen LogP contribution is -2.11. The standard InChI is InChI=1S/C18H36S/c1-2-3-4-5-6-7-8-9-10-11-16-18(19)17-14-12-13-15-17/h17-19H,2-16H2,1H3. The second-order valence-corrected chi connectivity index (χ2v) is 7.25. The number of rotatable bonds is 12. The Morgan fingerprint density at radius 3 is 1.79 bits per heavy atom. The van der Waals surface area contributed by atoms with E-state index in [1.165, 1.54) is 96.3 Å². The van der Waals surface area contributed by atoms with Crippen LogP contribution in [0.25, 0.3) is 0 Å². The van der Waals surface area contributed by atoms with Crippen LogP contribution >= 0.6 is 12.6 Å². The number of hydrogen-bond donors (Lipinski definition) is 1. The third kappa shape index (κ3) is 9.00. The maximum absolute atomic E-state index is 4.82. The Bertz CT molecular complexity index is 184. The molecule has 0 aromatic rings. The zero-order chi connectivity index (χ0) is 13.8. The molecule has 0 N–H and O–H groups in total. The molecule has 0 aliphatic heterocycles. The van der Waals surface area contributed by atoms with Gasteiger partial charge in [0, 0.05) is 5.25 Å². The van der Waals surface area contributed by atoms with Crippen molar-refractivity contribution >= 4 is 12.6 Å². The van der Waals surface area contributed by atoms with Gasteiger partial charge < -0.3 is 0 Å². The maximum Gasteiger partial charge on any atom is 0.00450 e. The van der Waals surface area contributed by atoms with E-state index in [1.54, 1.807) is 0 Å². The molecule has 1 aliphatic rings. The summed E-state index contributed by atoms with van der Waals surface area (Å²) in [5.41, 5.74) is 0. The molecule has 114 valence electrons. The van der Waals surface area contributed by atoms with Gasteiger partial charge >= 0.3 is 0 Å². The molecule has 19 heavy (non-hydrogen) atoms. The van der Waals surface area contributed by atoms with Crippen LogP contribution in [-0.2, 0) is 0 Å². The highest BCUT2D eigenvalue weighted by Gasteiger charge is 2.21. The van der Waals surface area contributed by atoms with Gasteiger partial charge in [0.05, 0.1) is 0 Å². The lowest BCUT2D eigenvalue weighted by atomic mass is 9.98. The molecule has 0 nitrogen and oxygen atoms in total. The largest absolute Gasteiger partial charge is 0.176 e. The molecule has 0 aromatic carbocycles. The molecule has 0 radical (unpaired) electrons. The van der Waals surface area contributed by atoms with E-state index in [0.29, 0.717) is 5.25 Å². The van der Waals surface area contributed by atoms with Gasteiger partial charge in [-0.2, -0.15) is 12.6 Å². The first-order valence-corrected chi connectivity index (χ1v) is 9.54. The maximum atomic E-state index is 4.82. The number of unbranched alkanes of at least 4 members (excludes halogenated alkanes) is 9. The van der Waals surface area contributed by atoms with Gasteiger partial charge in [-0.15, -0.1) is 0 Å². The monoisotopic (exact) mass is 284 g/mol. The molecule has 1 atom stereocenters. The van der Waals surface area contributed by atoms with Crippen molar-refractivity contribution in [2.45, 2.75) is 108 Å². The van der Waals surface area contributed by atoms with Crippen molar-refractivity contribution in [1.82, 2.24) is 0 Å². The third-order valence-corrected chi connectivity index (χ3v) is 5.48. The van der Waals surface area contributed by atoms with Crippen molar-refractivity contribution in [3.8, 4) is 0 Å². The molecule has 0 aromatic heterocycles. The molecule has 1 rings (SSSR count). The Labute approximate surface area is 127 Å². The van der Waals surface area contributed by atoms with Crippen LogP contribution < -0.4 is 0 Å². The zero-order valence-corrected chi connectivity index (χ0v) is 14.1. The van der Waals surface area contributed by atoms with E-state index in [1.807, 2.05) is 0 Å². The van der Waals surface area contributed by atoms with Crippen molar-refractivity contribution in [1.29, 1.82) is 0 Å². The molecule has 0 amide bonds. The van der Waals surface area contributed by atoms with Gasteiger partial charge in [-0.05, 0) is 25.2 Å². The van der Waals surface area contributed by atoms with Crippen molar-refractivity contribution in [2.75, 3.05) is 0 Å². The molecule has 1 unspecified atom stereocenters. The van der Waals surface area contributed by atoms with Gasteiger partial charge in [-0.25, -0.2) is 0 Å². The Balaban J connectivity index is 1.78. The predicted octanol–water partition coefficient (Wildman–Crippen LogP) is 6.79. The molecule has 0 bridgehead atoms. The zero-order valence-electron chi connectivity index (χ0n) is 13.2. The Morgan fingerprint density at radius 2 is 1.26 bits per heavy atom. The SMILES string of the molecule is CCCCCCCCCCCCC(S)C1CCCC1. The van der Waals surface area contributed by atoms with Crippen molar-refractivity contribution in [3.63, 3.8) is 0 Å². The first-order valence-electron chi connectivity index (χ1n) is 9.02. The minimum absolute atomic E-state index is 0.705. The lowest BCUT2D eigenvalue weighted by Gasteiger charge is -2.17. The van der Waals surface area contributed by atoms with Crippen LogP contribution in [0.2, 0.25) is 0 Å². The summed E-state index contributed by atoms with van der Waals surface area (Å²) in [6.45, 7) is 2.29. The number of hydrogen-bond acceptors (Lipinski definition) is 1. The third-order valence-electron chi connectivity index (χ3n) is 4.80. The minimum Gasteiger partial charge on any atom is -0.176 e. The second-order valence-electron chi connectivity index (χ2n) is 6.58. The van der Waals surface area contributed by atoms with Crippen LogP contribution in [0.1, 0.15) is 103 Å². The van der Waals surface area contributed by atoms with Gasteiger partial charge in [0.25, 0.3) is 0 Å². The van der Waals surface area contributed by atoms with Gasteiger partial charge in [-0.1, -0.05) is 84.0 Å². The van der Waals surface area contributed by atoms with Gasteiger partial charge in [0.15, 0.2) is 0 Å². The van der Waals surface area contributed by atoms with E-state index in [-0.39, 0.29) is 0 Å². The van der Waals surface area contributed by atoms with E-state index in [0.717, 1.165) is 5.92 Å². The highest BCUT2D eigenvalue weighted by atomic mass is 32.1. The molecule has 1 fully saturated rings. The Morgan fingerprint density at radius 1 is 0.789 bits per heavy atom. The summed E-state index contributed by atoms with van der Waals surface area (Å²) in [6.07, 6.45) is 21.6. The van der Waals surface area contributed by atoms with E-state index >= 15 is 0 Å². The van der Waals surface area contributed by atoms with Crippen LogP contribution in [0.5, 0.6) is 0 Å². The quantitative estimate of drug-likeness (QED) is 0.296. The van der Waals surface area contributed by atoms with Gasteiger partial charge in [0.2, 0.25) is 0 Å². The average molecular weight is 285 g/mol. The van der Waals surface area contributed by atoms with Gasteiger partial charge in [-0.3, -0.25) is 0 Å². The first kappa shape index (κ1) is 17.4. The first-order chi connectivity index (χ1) is 9.34. The summed E-state index contributed by atoms with van der Waals surface area (Å²) in [5, 5.41) is 0.705. The van der Waals surface area contributed by atoms with Crippen LogP contribution in [0.3, 0.4) is 0 Å². The molecule has 0 heterocycles. The fourth-order valence-electron chi connectivity index (χ4n) is 3.42. The Hall–Kier alpha value is 0.350. The molecule has 1 saturated carbocycles. The molecular formula is C18H36S. The summed E-state index contributed by atoms with van der Waals surface area (Å²) >= 11 is 4.82. The highest BCUT2D eigenvalue weighted by Crippen LogP contribution is 2.32. The second kappa shape index (κ2) is 12.1. The van der Waals surface area contributed by atoms with E-state index in [9.17, 15) is 0 Å². The summed E-state index contributed by atoms with van der Waals surface area (Å²) < 4.78 is 0. The highest BCUT2D eigenvalue weighted by molar-refractivity contribution is 7.81. The van der Waals surface area contributed by atoms with Crippen molar-refractivity contribution < 1.29 is 0 Å². The topological polar surface area (TPSA) is 0 Å². The van der Waals surface area contributed by atoms with Crippen LogP contribution in [0.15, 0.2) is 0 Å². The fraction of sp³-hybridized carbons (Fsp3) is 1.00. The molecular weight excluding hydrogens is 248 g/mol. The molecule has 1 aliphatic carbocycles. The van der Waals surface area contributed by atoms with E-state index < -0.39 is 0 Å². The summed E-state index contributed by atoms with van der Waals surface area (Å²) in [5.74, 6) is 0.946. The van der Waals surface area contributed by atoms with Crippen molar-refractivity contribution in [3.05, 3.63) is 0 Å². The van der Waals surface area contributed by atoms with E-state index in [2.05, 4.69) is 6.92 Å². The number of thiol groups is 1. The summed E-state index contributed by atoms with van der Waals surface area (Å²) in [6, 6.07) is 0. The van der Waals surface area contributed by atoms with Crippen LogP contribution in [0, 0.1) is 5.92 Å². The average Bonchev–Trinajstić information content (AvgIpc) is 2.95. The smallest absolute Gasteiger partial charge is 0.00450 e. The fourth-order valence-corrected chi connectivity index (χ4v) is 3.90. The van der Waals surface area contributed by atoms with Crippen LogP contribution in [-0.4, -0.2) is 5.25 Å². The molecule has 1 heteroatoms.